The Balaban J connectivity index is 2.46. The van der Waals surface area contributed by atoms with Crippen molar-refractivity contribution in [2.45, 2.75) is 25.7 Å². The summed E-state index contributed by atoms with van der Waals surface area (Å²) in [5, 5.41) is 0. The zero-order chi connectivity index (χ0) is 14.9. The highest BCUT2D eigenvalue weighted by Crippen LogP contribution is 2.23. The number of aryl methyl sites for hydroxylation is 3. The van der Waals surface area contributed by atoms with Crippen LogP contribution in [0, 0.1) is 26.6 Å². The first-order valence-corrected chi connectivity index (χ1v) is 7.64. The van der Waals surface area contributed by atoms with Gasteiger partial charge in [0, 0.05) is 0 Å². The Morgan fingerprint density at radius 1 is 0.950 bits per heavy atom. The van der Waals surface area contributed by atoms with E-state index in [2.05, 4.69) is 4.72 Å². The third kappa shape index (κ3) is 2.99. The molecule has 0 spiro atoms. The van der Waals surface area contributed by atoms with Gasteiger partial charge in [-0.3, -0.25) is 4.72 Å². The zero-order valence-electron chi connectivity index (χ0n) is 11.6. The standard InChI is InChI=1S/C15H16FNO2S/c1-10-4-5-12(3)15(8-10)20(18,19)17-14-9-13(16)7-6-11(14)2/h4-9,17H,1-3H3. The van der Waals surface area contributed by atoms with E-state index in [9.17, 15) is 12.8 Å². The fourth-order valence-electron chi connectivity index (χ4n) is 1.90. The summed E-state index contributed by atoms with van der Waals surface area (Å²) in [5.74, 6) is -0.478. The van der Waals surface area contributed by atoms with Crippen molar-refractivity contribution in [2.24, 2.45) is 0 Å². The molecule has 0 aromatic heterocycles. The molecular formula is C15H16FNO2S. The van der Waals surface area contributed by atoms with Gasteiger partial charge in [0.25, 0.3) is 10.0 Å². The van der Waals surface area contributed by atoms with Crippen molar-refractivity contribution in [3.63, 3.8) is 0 Å². The molecule has 0 radical (unpaired) electrons. The maximum atomic E-state index is 13.2. The number of hydrogen-bond acceptors (Lipinski definition) is 2. The Hall–Kier alpha value is -1.88. The molecule has 3 nitrogen and oxygen atoms in total. The Morgan fingerprint density at radius 2 is 1.60 bits per heavy atom. The molecule has 2 aromatic carbocycles. The van der Waals surface area contributed by atoms with E-state index in [1.54, 1.807) is 26.0 Å². The van der Waals surface area contributed by atoms with E-state index in [0.29, 0.717) is 11.1 Å². The van der Waals surface area contributed by atoms with Gasteiger partial charge in [-0.1, -0.05) is 18.2 Å². The van der Waals surface area contributed by atoms with Crippen LogP contribution >= 0.6 is 0 Å². The number of rotatable bonds is 3. The van der Waals surface area contributed by atoms with Gasteiger partial charge in [-0.2, -0.15) is 0 Å². The lowest BCUT2D eigenvalue weighted by atomic mass is 10.2. The van der Waals surface area contributed by atoms with Crippen LogP contribution in [-0.4, -0.2) is 8.42 Å². The maximum Gasteiger partial charge on any atom is 0.262 e. The summed E-state index contributed by atoms with van der Waals surface area (Å²) in [6, 6.07) is 9.22. The molecule has 0 aliphatic rings. The molecule has 2 rings (SSSR count). The predicted molar refractivity (Wildman–Crippen MR) is 77.9 cm³/mol. The second-order valence-electron chi connectivity index (χ2n) is 4.83. The smallest absolute Gasteiger partial charge is 0.262 e. The summed E-state index contributed by atoms with van der Waals surface area (Å²) < 4.78 is 40.5. The molecule has 0 amide bonds. The Bertz CT molecular complexity index is 754. The van der Waals surface area contributed by atoms with Crippen LogP contribution in [0.5, 0.6) is 0 Å². The predicted octanol–water partition coefficient (Wildman–Crippen LogP) is 3.55. The molecule has 0 fully saturated rings. The first kappa shape index (κ1) is 14.5. The van der Waals surface area contributed by atoms with Gasteiger partial charge in [-0.05, 0) is 55.7 Å². The first-order valence-electron chi connectivity index (χ1n) is 6.16. The third-order valence-electron chi connectivity index (χ3n) is 3.08. The van der Waals surface area contributed by atoms with Crippen LogP contribution in [0.2, 0.25) is 0 Å². The Labute approximate surface area is 118 Å². The van der Waals surface area contributed by atoms with Crippen molar-refractivity contribution in [1.82, 2.24) is 0 Å². The van der Waals surface area contributed by atoms with Gasteiger partial charge in [0.15, 0.2) is 0 Å². The Kier molecular flexibility index (Phi) is 3.81. The highest BCUT2D eigenvalue weighted by atomic mass is 32.2. The molecule has 1 N–H and O–H groups in total. The maximum absolute atomic E-state index is 13.2. The number of anilines is 1. The van der Waals surface area contributed by atoms with Crippen LogP contribution in [0.4, 0.5) is 10.1 Å². The monoisotopic (exact) mass is 293 g/mol. The first-order chi connectivity index (χ1) is 9.29. The summed E-state index contributed by atoms with van der Waals surface area (Å²) in [6.45, 7) is 5.28. The number of benzene rings is 2. The van der Waals surface area contributed by atoms with Crippen molar-refractivity contribution in [2.75, 3.05) is 4.72 Å². The molecule has 2 aromatic rings. The van der Waals surface area contributed by atoms with Gasteiger partial charge in [0.05, 0.1) is 10.6 Å². The zero-order valence-corrected chi connectivity index (χ0v) is 12.4. The van der Waals surface area contributed by atoms with Crippen LogP contribution in [0.1, 0.15) is 16.7 Å². The normalized spacial score (nSPS) is 11.4. The second-order valence-corrected chi connectivity index (χ2v) is 6.48. The van der Waals surface area contributed by atoms with Crippen LogP contribution < -0.4 is 4.72 Å². The van der Waals surface area contributed by atoms with Crippen LogP contribution in [0.3, 0.4) is 0 Å². The summed E-state index contributed by atoms with van der Waals surface area (Å²) >= 11 is 0. The SMILES string of the molecule is Cc1ccc(C)c(S(=O)(=O)Nc2cc(F)ccc2C)c1. The number of sulfonamides is 1. The molecule has 0 saturated heterocycles. The van der Waals surface area contributed by atoms with Crippen molar-refractivity contribution >= 4 is 15.7 Å². The summed E-state index contributed by atoms with van der Waals surface area (Å²) in [5.41, 5.74) is 2.43. The molecular weight excluding hydrogens is 277 g/mol. The van der Waals surface area contributed by atoms with Gasteiger partial charge in [0.1, 0.15) is 5.82 Å². The average Bonchev–Trinajstić information content (AvgIpc) is 2.36. The largest absolute Gasteiger partial charge is 0.279 e. The minimum absolute atomic E-state index is 0.209. The second kappa shape index (κ2) is 5.25. The van der Waals surface area contributed by atoms with Gasteiger partial charge >= 0.3 is 0 Å². The van der Waals surface area contributed by atoms with Crippen molar-refractivity contribution < 1.29 is 12.8 Å². The van der Waals surface area contributed by atoms with Gasteiger partial charge in [0.2, 0.25) is 0 Å². The molecule has 0 bridgehead atoms. The van der Waals surface area contributed by atoms with E-state index in [4.69, 9.17) is 0 Å². The lowest BCUT2D eigenvalue weighted by Gasteiger charge is -2.13. The fraction of sp³-hybridized carbons (Fsp3) is 0.200. The summed E-state index contributed by atoms with van der Waals surface area (Å²) in [4.78, 5) is 0.209. The molecule has 106 valence electrons. The fourth-order valence-corrected chi connectivity index (χ4v) is 3.35. The summed E-state index contributed by atoms with van der Waals surface area (Å²) in [6.07, 6.45) is 0. The quantitative estimate of drug-likeness (QED) is 0.940. The lowest BCUT2D eigenvalue weighted by Crippen LogP contribution is -2.15. The van der Waals surface area contributed by atoms with E-state index in [1.165, 1.54) is 18.2 Å². The van der Waals surface area contributed by atoms with E-state index < -0.39 is 15.8 Å². The van der Waals surface area contributed by atoms with Crippen LogP contribution in [-0.2, 0) is 10.0 Å². The number of hydrogen-bond donors (Lipinski definition) is 1. The number of halogens is 1. The van der Waals surface area contributed by atoms with Gasteiger partial charge in [-0.15, -0.1) is 0 Å². The molecule has 0 heterocycles. The van der Waals surface area contributed by atoms with E-state index in [0.717, 1.165) is 5.56 Å². The molecule has 0 unspecified atom stereocenters. The molecule has 5 heteroatoms. The molecule has 0 atom stereocenters. The molecule has 20 heavy (non-hydrogen) atoms. The molecule has 0 aliphatic carbocycles. The molecule has 0 saturated carbocycles. The van der Waals surface area contributed by atoms with Crippen molar-refractivity contribution in [3.8, 4) is 0 Å². The minimum Gasteiger partial charge on any atom is -0.279 e. The average molecular weight is 293 g/mol. The van der Waals surface area contributed by atoms with Gasteiger partial charge < -0.3 is 0 Å². The van der Waals surface area contributed by atoms with E-state index in [-0.39, 0.29) is 10.6 Å². The summed E-state index contributed by atoms with van der Waals surface area (Å²) in [7, 11) is -3.72. The van der Waals surface area contributed by atoms with E-state index in [1.807, 2.05) is 13.0 Å². The van der Waals surface area contributed by atoms with Crippen molar-refractivity contribution in [1.29, 1.82) is 0 Å². The van der Waals surface area contributed by atoms with Crippen LogP contribution in [0.25, 0.3) is 0 Å². The highest BCUT2D eigenvalue weighted by molar-refractivity contribution is 7.92. The molecule has 0 aliphatic heterocycles. The van der Waals surface area contributed by atoms with E-state index >= 15 is 0 Å². The highest BCUT2D eigenvalue weighted by Gasteiger charge is 2.18. The van der Waals surface area contributed by atoms with Gasteiger partial charge in [-0.25, -0.2) is 12.8 Å². The topological polar surface area (TPSA) is 46.2 Å². The van der Waals surface area contributed by atoms with Crippen LogP contribution in [0.15, 0.2) is 41.3 Å². The Morgan fingerprint density at radius 3 is 2.30 bits per heavy atom. The minimum atomic E-state index is -3.72. The lowest BCUT2D eigenvalue weighted by molar-refractivity contribution is 0.600. The van der Waals surface area contributed by atoms with Crippen molar-refractivity contribution in [3.05, 3.63) is 58.9 Å². The number of nitrogens with one attached hydrogen (secondary N) is 1. The third-order valence-corrected chi connectivity index (χ3v) is 4.58.